The summed E-state index contributed by atoms with van der Waals surface area (Å²) in [7, 11) is 0. The second kappa shape index (κ2) is 6.32. The number of nitrogens with two attached hydrogens (primary N) is 1. The van der Waals surface area contributed by atoms with Crippen molar-refractivity contribution in [2.45, 2.75) is 38.3 Å². The third-order valence-electron chi connectivity index (χ3n) is 4.37. The van der Waals surface area contributed by atoms with Crippen LogP contribution in [-0.2, 0) is 11.3 Å². The summed E-state index contributed by atoms with van der Waals surface area (Å²) >= 11 is 0. The first-order valence-corrected chi connectivity index (χ1v) is 7.78. The van der Waals surface area contributed by atoms with Gasteiger partial charge < -0.3 is 16.0 Å². The van der Waals surface area contributed by atoms with Crippen LogP contribution in [0.2, 0.25) is 0 Å². The Morgan fingerprint density at radius 2 is 2.14 bits per heavy atom. The van der Waals surface area contributed by atoms with Crippen LogP contribution in [0.3, 0.4) is 0 Å². The first-order chi connectivity index (χ1) is 10.6. The molecule has 1 heterocycles. The van der Waals surface area contributed by atoms with E-state index in [1.807, 2.05) is 24.3 Å². The molecule has 0 saturated heterocycles. The zero-order chi connectivity index (χ0) is 15.5. The molecule has 22 heavy (non-hydrogen) atoms. The number of aromatic amines is 1. The normalized spacial score (nSPS) is 21.7. The molecular formula is C17H21N3O2. The standard InChI is InChI=1S/C17H21N3O2/c18-13-5-3-4-11(8-13)17(22)19-10-12-9-16(21)20-15-7-2-1-6-14(12)15/h1-2,6-7,9,11,13H,3-5,8,10,18H2,(H,19,22)(H,20,21). The Kier molecular flexibility index (Phi) is 4.24. The van der Waals surface area contributed by atoms with Gasteiger partial charge in [-0.3, -0.25) is 9.59 Å². The number of carbonyl (C=O) groups is 1. The van der Waals surface area contributed by atoms with Gasteiger partial charge in [-0.15, -0.1) is 0 Å². The molecule has 1 aromatic heterocycles. The minimum atomic E-state index is -0.150. The van der Waals surface area contributed by atoms with Crippen molar-refractivity contribution in [2.24, 2.45) is 11.7 Å². The minimum Gasteiger partial charge on any atom is -0.352 e. The number of hydrogen-bond donors (Lipinski definition) is 3. The molecule has 5 nitrogen and oxygen atoms in total. The number of H-pyrrole nitrogens is 1. The zero-order valence-corrected chi connectivity index (χ0v) is 12.5. The summed E-state index contributed by atoms with van der Waals surface area (Å²) in [4.78, 5) is 26.8. The van der Waals surface area contributed by atoms with Crippen LogP contribution >= 0.6 is 0 Å². The predicted molar refractivity (Wildman–Crippen MR) is 86.3 cm³/mol. The Morgan fingerprint density at radius 1 is 1.32 bits per heavy atom. The second-order valence-electron chi connectivity index (χ2n) is 6.05. The Balaban J connectivity index is 1.74. The maximum atomic E-state index is 12.3. The molecule has 1 amide bonds. The van der Waals surface area contributed by atoms with Crippen molar-refractivity contribution < 1.29 is 4.79 Å². The van der Waals surface area contributed by atoms with E-state index in [0.29, 0.717) is 6.54 Å². The van der Waals surface area contributed by atoms with Crippen molar-refractivity contribution in [1.82, 2.24) is 10.3 Å². The third kappa shape index (κ3) is 3.20. The van der Waals surface area contributed by atoms with Gasteiger partial charge in [-0.05, 0) is 30.9 Å². The van der Waals surface area contributed by atoms with Crippen molar-refractivity contribution in [3.8, 4) is 0 Å². The van der Waals surface area contributed by atoms with Crippen LogP contribution in [0, 0.1) is 5.92 Å². The van der Waals surface area contributed by atoms with E-state index in [9.17, 15) is 9.59 Å². The highest BCUT2D eigenvalue weighted by Gasteiger charge is 2.25. The molecule has 1 aromatic carbocycles. The summed E-state index contributed by atoms with van der Waals surface area (Å²) in [6.45, 7) is 0.370. The van der Waals surface area contributed by atoms with E-state index in [0.717, 1.165) is 42.1 Å². The number of para-hydroxylation sites is 1. The summed E-state index contributed by atoms with van der Waals surface area (Å²) in [6, 6.07) is 9.29. The molecule has 1 aliphatic carbocycles. The molecule has 0 radical (unpaired) electrons. The van der Waals surface area contributed by atoms with E-state index in [1.165, 1.54) is 0 Å². The van der Waals surface area contributed by atoms with Gasteiger partial charge in [0.1, 0.15) is 0 Å². The Morgan fingerprint density at radius 3 is 2.95 bits per heavy atom. The average molecular weight is 299 g/mol. The smallest absolute Gasteiger partial charge is 0.248 e. The molecule has 1 fully saturated rings. The zero-order valence-electron chi connectivity index (χ0n) is 12.5. The Labute approximate surface area is 128 Å². The van der Waals surface area contributed by atoms with Crippen LogP contribution in [0.15, 0.2) is 35.1 Å². The van der Waals surface area contributed by atoms with Gasteiger partial charge in [-0.1, -0.05) is 24.6 Å². The summed E-state index contributed by atoms with van der Waals surface area (Å²) in [6.07, 6.45) is 3.66. The van der Waals surface area contributed by atoms with Gasteiger partial charge in [0.15, 0.2) is 0 Å². The summed E-state index contributed by atoms with van der Waals surface area (Å²) < 4.78 is 0. The molecule has 2 aromatic rings. The molecular weight excluding hydrogens is 278 g/mol. The van der Waals surface area contributed by atoms with Crippen LogP contribution in [0.1, 0.15) is 31.2 Å². The monoisotopic (exact) mass is 299 g/mol. The number of fused-ring (bicyclic) bond motifs is 1. The van der Waals surface area contributed by atoms with E-state index in [4.69, 9.17) is 5.73 Å². The SMILES string of the molecule is NC1CCCC(C(=O)NCc2cc(=O)[nH]c3ccccc23)C1. The summed E-state index contributed by atoms with van der Waals surface area (Å²) in [5, 5.41) is 3.92. The maximum Gasteiger partial charge on any atom is 0.248 e. The molecule has 0 spiro atoms. The first kappa shape index (κ1) is 14.8. The fraction of sp³-hybridized carbons (Fsp3) is 0.412. The van der Waals surface area contributed by atoms with Crippen LogP contribution in [0.5, 0.6) is 0 Å². The lowest BCUT2D eigenvalue weighted by Gasteiger charge is -2.25. The minimum absolute atomic E-state index is 0.00277. The number of benzene rings is 1. The van der Waals surface area contributed by atoms with Crippen molar-refractivity contribution >= 4 is 16.8 Å². The predicted octanol–water partition coefficient (Wildman–Crippen LogP) is 1.66. The van der Waals surface area contributed by atoms with E-state index in [2.05, 4.69) is 10.3 Å². The summed E-state index contributed by atoms with van der Waals surface area (Å²) in [5.74, 6) is 0.0384. The molecule has 1 aliphatic rings. The molecule has 5 heteroatoms. The summed E-state index contributed by atoms with van der Waals surface area (Å²) in [5.41, 5.74) is 7.42. The molecule has 0 aliphatic heterocycles. The van der Waals surface area contributed by atoms with Crippen molar-refractivity contribution in [3.63, 3.8) is 0 Å². The largest absolute Gasteiger partial charge is 0.352 e. The van der Waals surface area contributed by atoms with E-state index < -0.39 is 0 Å². The van der Waals surface area contributed by atoms with Gasteiger partial charge in [0.05, 0.1) is 0 Å². The first-order valence-electron chi connectivity index (χ1n) is 7.78. The van der Waals surface area contributed by atoms with Crippen LogP contribution in [0.25, 0.3) is 10.9 Å². The van der Waals surface area contributed by atoms with E-state index >= 15 is 0 Å². The van der Waals surface area contributed by atoms with Crippen molar-refractivity contribution in [2.75, 3.05) is 0 Å². The molecule has 0 bridgehead atoms. The molecule has 4 N–H and O–H groups in total. The van der Waals surface area contributed by atoms with Crippen molar-refractivity contribution in [3.05, 3.63) is 46.2 Å². The molecule has 3 rings (SSSR count). The third-order valence-corrected chi connectivity index (χ3v) is 4.37. The lowest BCUT2D eigenvalue weighted by molar-refractivity contribution is -0.126. The quantitative estimate of drug-likeness (QED) is 0.805. The van der Waals surface area contributed by atoms with Gasteiger partial charge >= 0.3 is 0 Å². The van der Waals surface area contributed by atoms with E-state index in [1.54, 1.807) is 6.07 Å². The lowest BCUT2D eigenvalue weighted by Crippen LogP contribution is -2.37. The molecule has 116 valence electrons. The fourth-order valence-corrected chi connectivity index (χ4v) is 3.22. The lowest BCUT2D eigenvalue weighted by atomic mass is 9.85. The highest BCUT2D eigenvalue weighted by molar-refractivity contribution is 5.83. The highest BCUT2D eigenvalue weighted by atomic mass is 16.2. The number of hydrogen-bond acceptors (Lipinski definition) is 3. The fourth-order valence-electron chi connectivity index (χ4n) is 3.22. The number of rotatable bonds is 3. The highest BCUT2D eigenvalue weighted by Crippen LogP contribution is 2.23. The van der Waals surface area contributed by atoms with Gasteiger partial charge in [0.25, 0.3) is 0 Å². The molecule has 1 saturated carbocycles. The number of nitrogens with one attached hydrogen (secondary N) is 2. The van der Waals surface area contributed by atoms with Crippen LogP contribution < -0.4 is 16.6 Å². The van der Waals surface area contributed by atoms with E-state index in [-0.39, 0.29) is 23.4 Å². The maximum absolute atomic E-state index is 12.3. The number of pyridine rings is 1. The van der Waals surface area contributed by atoms with Gasteiger partial charge in [-0.25, -0.2) is 0 Å². The second-order valence-corrected chi connectivity index (χ2v) is 6.05. The molecule has 2 atom stereocenters. The Hall–Kier alpha value is -2.14. The van der Waals surface area contributed by atoms with Crippen LogP contribution in [-0.4, -0.2) is 16.9 Å². The Bertz CT molecular complexity index is 738. The van der Waals surface area contributed by atoms with Gasteiger partial charge in [-0.2, -0.15) is 0 Å². The number of aromatic nitrogens is 1. The number of carbonyl (C=O) groups excluding carboxylic acids is 1. The topological polar surface area (TPSA) is 88.0 Å². The average Bonchev–Trinajstić information content (AvgIpc) is 2.52. The van der Waals surface area contributed by atoms with Gasteiger partial charge in [0.2, 0.25) is 11.5 Å². The van der Waals surface area contributed by atoms with Crippen molar-refractivity contribution in [1.29, 1.82) is 0 Å². The van der Waals surface area contributed by atoms with Crippen LogP contribution in [0.4, 0.5) is 0 Å². The molecule has 2 unspecified atom stereocenters. The number of amides is 1. The van der Waals surface area contributed by atoms with Gasteiger partial charge in [0, 0.05) is 35.5 Å².